The Kier molecular flexibility index (Phi) is 3.14. The number of carbonyl (C=O) groups excluding carboxylic acids is 1. The third-order valence-corrected chi connectivity index (χ3v) is 2.22. The lowest BCUT2D eigenvalue weighted by atomic mass is 10.0. The topological polar surface area (TPSA) is 29.1 Å². The minimum atomic E-state index is -3.36. The fourth-order valence-corrected chi connectivity index (χ4v) is 1.40. The fourth-order valence-electron chi connectivity index (χ4n) is 1.40. The zero-order valence-electron chi connectivity index (χ0n) is 7.35. The monoisotopic (exact) mass is 189 g/mol. The summed E-state index contributed by atoms with van der Waals surface area (Å²) in [5, 5.41) is 3.00. The Morgan fingerprint density at radius 1 is 1.69 bits per heavy atom. The predicted octanol–water partition coefficient (Wildman–Crippen LogP) is 1.52. The number of carbonyl (C=O) groups is 1. The summed E-state index contributed by atoms with van der Waals surface area (Å²) in [5.74, 6) is -4.40. The molecule has 1 aliphatic rings. The Morgan fingerprint density at radius 3 is 2.85 bits per heavy atom. The summed E-state index contributed by atoms with van der Waals surface area (Å²) in [7, 11) is 0. The first-order valence-corrected chi connectivity index (χ1v) is 4.34. The first-order valence-electron chi connectivity index (χ1n) is 4.34. The van der Waals surface area contributed by atoms with Gasteiger partial charge in [-0.1, -0.05) is 6.58 Å². The minimum Gasteiger partial charge on any atom is -0.314 e. The van der Waals surface area contributed by atoms with Crippen LogP contribution in [0.25, 0.3) is 0 Å². The second-order valence-electron chi connectivity index (χ2n) is 3.25. The van der Waals surface area contributed by atoms with Gasteiger partial charge in [0.1, 0.15) is 0 Å². The SMILES string of the molecule is C=CC(F)(F)C(=O)CC1CCCN1. The molecule has 0 spiro atoms. The highest BCUT2D eigenvalue weighted by Crippen LogP contribution is 2.20. The molecule has 4 heteroatoms. The molecule has 1 N–H and O–H groups in total. The summed E-state index contributed by atoms with van der Waals surface area (Å²) >= 11 is 0. The van der Waals surface area contributed by atoms with Crippen molar-refractivity contribution in [2.75, 3.05) is 6.54 Å². The molecule has 13 heavy (non-hydrogen) atoms. The maximum atomic E-state index is 12.7. The Bertz CT molecular complexity index is 210. The van der Waals surface area contributed by atoms with E-state index in [4.69, 9.17) is 0 Å². The molecule has 0 aromatic carbocycles. The van der Waals surface area contributed by atoms with E-state index in [0.29, 0.717) is 6.08 Å². The van der Waals surface area contributed by atoms with Crippen LogP contribution < -0.4 is 5.32 Å². The second kappa shape index (κ2) is 3.96. The number of rotatable bonds is 4. The van der Waals surface area contributed by atoms with E-state index in [9.17, 15) is 13.6 Å². The zero-order valence-corrected chi connectivity index (χ0v) is 7.35. The molecule has 0 aromatic heterocycles. The minimum absolute atomic E-state index is 0.0710. The Morgan fingerprint density at radius 2 is 2.38 bits per heavy atom. The molecule has 2 nitrogen and oxygen atoms in total. The molecule has 1 fully saturated rings. The molecule has 0 radical (unpaired) electrons. The van der Waals surface area contributed by atoms with Crippen LogP contribution in [0, 0.1) is 0 Å². The molecule has 0 aromatic rings. The number of allylic oxidation sites excluding steroid dienone is 1. The fraction of sp³-hybridized carbons (Fsp3) is 0.667. The third kappa shape index (κ3) is 2.59. The normalized spacial score (nSPS) is 23.1. The summed E-state index contributed by atoms with van der Waals surface area (Å²) in [6, 6.07) is -0.0710. The van der Waals surface area contributed by atoms with Crippen molar-refractivity contribution >= 4 is 5.78 Å². The van der Waals surface area contributed by atoms with E-state index in [1.54, 1.807) is 0 Å². The molecule has 1 atom stereocenters. The Balaban J connectivity index is 2.44. The maximum absolute atomic E-state index is 12.7. The van der Waals surface area contributed by atoms with Gasteiger partial charge in [0.15, 0.2) is 0 Å². The van der Waals surface area contributed by atoms with E-state index in [2.05, 4.69) is 11.9 Å². The van der Waals surface area contributed by atoms with Crippen LogP contribution in [0.1, 0.15) is 19.3 Å². The van der Waals surface area contributed by atoms with Crippen molar-refractivity contribution in [3.63, 3.8) is 0 Å². The van der Waals surface area contributed by atoms with Gasteiger partial charge in [0.2, 0.25) is 5.78 Å². The van der Waals surface area contributed by atoms with E-state index in [1.807, 2.05) is 0 Å². The van der Waals surface area contributed by atoms with Crippen LogP contribution in [0.3, 0.4) is 0 Å². The number of nitrogens with one attached hydrogen (secondary N) is 1. The highest BCUT2D eigenvalue weighted by molar-refractivity contribution is 5.87. The van der Waals surface area contributed by atoms with E-state index >= 15 is 0 Å². The average Bonchev–Trinajstić information content (AvgIpc) is 2.57. The molecule has 0 bridgehead atoms. The maximum Gasteiger partial charge on any atom is 0.323 e. The lowest BCUT2D eigenvalue weighted by Crippen LogP contribution is -2.33. The number of Topliss-reactive ketones (excluding diaryl/α,β-unsaturated/α-hetero) is 1. The van der Waals surface area contributed by atoms with Gasteiger partial charge in [0, 0.05) is 12.5 Å². The Labute approximate surface area is 76.0 Å². The summed E-state index contributed by atoms with van der Waals surface area (Å²) in [6.45, 7) is 3.75. The first kappa shape index (κ1) is 10.3. The number of hydrogen-bond donors (Lipinski definition) is 1. The van der Waals surface area contributed by atoms with Crippen molar-refractivity contribution in [2.24, 2.45) is 0 Å². The van der Waals surface area contributed by atoms with Gasteiger partial charge >= 0.3 is 5.92 Å². The lowest BCUT2D eigenvalue weighted by molar-refractivity contribution is -0.137. The summed E-state index contributed by atoms with van der Waals surface area (Å²) in [6.07, 6.45) is 2.07. The van der Waals surface area contributed by atoms with Gasteiger partial charge in [-0.25, -0.2) is 0 Å². The average molecular weight is 189 g/mol. The van der Waals surface area contributed by atoms with Gasteiger partial charge in [-0.15, -0.1) is 0 Å². The summed E-state index contributed by atoms with van der Waals surface area (Å²) < 4.78 is 25.4. The van der Waals surface area contributed by atoms with Crippen LogP contribution in [-0.4, -0.2) is 24.3 Å². The van der Waals surface area contributed by atoms with Crippen LogP contribution in [0.5, 0.6) is 0 Å². The molecule has 1 unspecified atom stereocenters. The van der Waals surface area contributed by atoms with Gasteiger partial charge in [0.05, 0.1) is 0 Å². The van der Waals surface area contributed by atoms with Gasteiger partial charge < -0.3 is 5.32 Å². The second-order valence-corrected chi connectivity index (χ2v) is 3.25. The van der Waals surface area contributed by atoms with Gasteiger partial charge in [-0.3, -0.25) is 4.79 Å². The van der Waals surface area contributed by atoms with Gasteiger partial charge in [-0.2, -0.15) is 8.78 Å². The van der Waals surface area contributed by atoms with Crippen LogP contribution in [0.4, 0.5) is 8.78 Å². The highest BCUT2D eigenvalue weighted by atomic mass is 19.3. The molecule has 0 amide bonds. The quantitative estimate of drug-likeness (QED) is 0.679. The van der Waals surface area contributed by atoms with Crippen LogP contribution in [0.15, 0.2) is 12.7 Å². The smallest absolute Gasteiger partial charge is 0.314 e. The molecule has 1 saturated heterocycles. The Hall–Kier alpha value is -0.770. The molecule has 74 valence electrons. The molecule has 1 heterocycles. The van der Waals surface area contributed by atoms with Crippen molar-refractivity contribution in [1.29, 1.82) is 0 Å². The first-order chi connectivity index (χ1) is 6.06. The largest absolute Gasteiger partial charge is 0.323 e. The standard InChI is InChI=1S/C9H13F2NO/c1-2-9(10,11)8(13)6-7-4-3-5-12-7/h2,7,12H,1,3-6H2. The highest BCUT2D eigenvalue weighted by Gasteiger charge is 2.36. The lowest BCUT2D eigenvalue weighted by Gasteiger charge is -2.13. The van der Waals surface area contributed by atoms with Crippen LogP contribution in [-0.2, 0) is 4.79 Å². The molecular weight excluding hydrogens is 176 g/mol. The van der Waals surface area contributed by atoms with E-state index < -0.39 is 11.7 Å². The van der Waals surface area contributed by atoms with Crippen molar-refractivity contribution in [2.45, 2.75) is 31.2 Å². The molecular formula is C9H13F2NO. The van der Waals surface area contributed by atoms with E-state index in [-0.39, 0.29) is 12.5 Å². The molecule has 1 rings (SSSR count). The number of hydrogen-bond acceptors (Lipinski definition) is 2. The number of alkyl halides is 2. The van der Waals surface area contributed by atoms with Gasteiger partial charge in [-0.05, 0) is 25.5 Å². The van der Waals surface area contributed by atoms with E-state index in [1.165, 1.54) is 0 Å². The molecule has 0 saturated carbocycles. The summed E-state index contributed by atoms with van der Waals surface area (Å²) in [4.78, 5) is 11.0. The zero-order chi connectivity index (χ0) is 9.90. The summed E-state index contributed by atoms with van der Waals surface area (Å²) in [5.41, 5.74) is 0. The molecule has 1 aliphatic heterocycles. The third-order valence-electron chi connectivity index (χ3n) is 2.22. The van der Waals surface area contributed by atoms with Crippen molar-refractivity contribution in [3.05, 3.63) is 12.7 Å². The number of ketones is 1. The van der Waals surface area contributed by atoms with E-state index in [0.717, 1.165) is 19.4 Å². The van der Waals surface area contributed by atoms with Crippen LogP contribution in [0.2, 0.25) is 0 Å². The van der Waals surface area contributed by atoms with Crippen LogP contribution >= 0.6 is 0 Å². The number of halogens is 2. The van der Waals surface area contributed by atoms with Crippen molar-refractivity contribution in [1.82, 2.24) is 5.32 Å². The molecule has 0 aliphatic carbocycles. The van der Waals surface area contributed by atoms with Crippen molar-refractivity contribution < 1.29 is 13.6 Å². The van der Waals surface area contributed by atoms with Gasteiger partial charge in [0.25, 0.3) is 0 Å². The predicted molar refractivity (Wildman–Crippen MR) is 45.8 cm³/mol. The van der Waals surface area contributed by atoms with Crippen molar-refractivity contribution in [3.8, 4) is 0 Å².